The van der Waals surface area contributed by atoms with Gasteiger partial charge in [0.05, 0.1) is 7.11 Å². The van der Waals surface area contributed by atoms with Crippen LogP contribution in [0.15, 0.2) is 18.2 Å². The van der Waals surface area contributed by atoms with Gasteiger partial charge in [0, 0.05) is 19.1 Å². The van der Waals surface area contributed by atoms with Gasteiger partial charge in [-0.15, -0.1) is 0 Å². The maximum atomic E-state index is 5.81. The first-order valence-electron chi connectivity index (χ1n) is 6.87. The predicted octanol–water partition coefficient (Wildman–Crippen LogP) is 1.89. The van der Waals surface area contributed by atoms with Crippen LogP contribution in [0.1, 0.15) is 18.4 Å². The summed E-state index contributed by atoms with van der Waals surface area (Å²) in [6.07, 6.45) is 2.62. The van der Waals surface area contributed by atoms with E-state index in [9.17, 15) is 0 Å². The van der Waals surface area contributed by atoms with Gasteiger partial charge in [-0.3, -0.25) is 0 Å². The van der Waals surface area contributed by atoms with Gasteiger partial charge in [-0.2, -0.15) is 0 Å². The van der Waals surface area contributed by atoms with Crippen LogP contribution in [0.25, 0.3) is 0 Å². The average molecular weight is 264 g/mol. The second-order valence-electron chi connectivity index (χ2n) is 5.29. The highest BCUT2D eigenvalue weighted by Gasteiger charge is 2.20. The van der Waals surface area contributed by atoms with Crippen molar-refractivity contribution in [2.75, 3.05) is 34.4 Å². The molecule has 0 atom stereocenters. The molecule has 1 aliphatic carbocycles. The molecule has 2 rings (SSSR count). The lowest BCUT2D eigenvalue weighted by molar-refractivity contribution is 0.250. The Morgan fingerprint density at radius 2 is 2.05 bits per heavy atom. The minimum Gasteiger partial charge on any atom is -0.493 e. The van der Waals surface area contributed by atoms with Crippen LogP contribution in [0.5, 0.6) is 11.5 Å². The molecule has 0 amide bonds. The summed E-state index contributed by atoms with van der Waals surface area (Å²) in [4.78, 5) is 2.10. The fourth-order valence-electron chi connectivity index (χ4n) is 1.83. The Morgan fingerprint density at radius 3 is 2.68 bits per heavy atom. The topological polar surface area (TPSA) is 33.7 Å². The van der Waals surface area contributed by atoms with Crippen molar-refractivity contribution >= 4 is 0 Å². The largest absolute Gasteiger partial charge is 0.493 e. The van der Waals surface area contributed by atoms with Crippen LogP contribution in [0.3, 0.4) is 0 Å². The third-order valence-electron chi connectivity index (χ3n) is 3.20. The lowest BCUT2D eigenvalue weighted by Crippen LogP contribution is -2.19. The Balaban J connectivity index is 1.93. The van der Waals surface area contributed by atoms with Crippen molar-refractivity contribution in [3.63, 3.8) is 0 Å². The lowest BCUT2D eigenvalue weighted by Gasteiger charge is -2.14. The molecule has 0 saturated heterocycles. The second kappa shape index (κ2) is 6.78. The molecule has 0 spiro atoms. The molecule has 0 aliphatic heterocycles. The molecule has 1 N–H and O–H groups in total. The fourth-order valence-corrected chi connectivity index (χ4v) is 1.83. The molecular formula is C15H24N2O2. The van der Waals surface area contributed by atoms with Crippen LogP contribution in [-0.4, -0.2) is 45.3 Å². The van der Waals surface area contributed by atoms with E-state index in [0.29, 0.717) is 6.61 Å². The molecule has 4 nitrogen and oxygen atoms in total. The molecule has 1 saturated carbocycles. The van der Waals surface area contributed by atoms with E-state index in [1.165, 1.54) is 18.4 Å². The van der Waals surface area contributed by atoms with Crippen LogP contribution >= 0.6 is 0 Å². The molecule has 1 fully saturated rings. The van der Waals surface area contributed by atoms with E-state index < -0.39 is 0 Å². The minimum absolute atomic E-state index is 0.670. The van der Waals surface area contributed by atoms with E-state index in [2.05, 4.69) is 22.3 Å². The highest BCUT2D eigenvalue weighted by Crippen LogP contribution is 2.28. The first kappa shape index (κ1) is 14.2. The predicted molar refractivity (Wildman–Crippen MR) is 76.9 cm³/mol. The molecule has 1 aliphatic rings. The zero-order valence-electron chi connectivity index (χ0n) is 12.1. The number of hydrogen-bond acceptors (Lipinski definition) is 4. The first-order chi connectivity index (χ1) is 9.19. The van der Waals surface area contributed by atoms with E-state index in [4.69, 9.17) is 9.47 Å². The van der Waals surface area contributed by atoms with E-state index in [0.717, 1.165) is 30.6 Å². The van der Waals surface area contributed by atoms with Crippen LogP contribution in [0.2, 0.25) is 0 Å². The van der Waals surface area contributed by atoms with Crippen molar-refractivity contribution in [1.29, 1.82) is 0 Å². The maximum Gasteiger partial charge on any atom is 0.161 e. The average Bonchev–Trinajstić information content (AvgIpc) is 3.20. The van der Waals surface area contributed by atoms with Gasteiger partial charge in [0.1, 0.15) is 6.61 Å². The van der Waals surface area contributed by atoms with E-state index >= 15 is 0 Å². The molecule has 0 aromatic heterocycles. The van der Waals surface area contributed by atoms with Gasteiger partial charge in [-0.1, -0.05) is 6.07 Å². The molecule has 0 unspecified atom stereocenters. The SMILES string of the molecule is COc1ccc(CNC2CC2)cc1OCCN(C)C. The number of nitrogens with zero attached hydrogens (tertiary/aromatic N) is 1. The van der Waals surface area contributed by atoms with Gasteiger partial charge in [0.25, 0.3) is 0 Å². The van der Waals surface area contributed by atoms with Crippen molar-refractivity contribution in [2.45, 2.75) is 25.4 Å². The van der Waals surface area contributed by atoms with Gasteiger partial charge in [0.2, 0.25) is 0 Å². The molecule has 1 aromatic carbocycles. The quantitative estimate of drug-likeness (QED) is 0.777. The molecule has 4 heteroatoms. The maximum absolute atomic E-state index is 5.81. The zero-order valence-corrected chi connectivity index (χ0v) is 12.1. The summed E-state index contributed by atoms with van der Waals surface area (Å²) < 4.78 is 11.1. The number of benzene rings is 1. The van der Waals surface area contributed by atoms with Crippen LogP contribution in [0, 0.1) is 0 Å². The van der Waals surface area contributed by atoms with E-state index in [-0.39, 0.29) is 0 Å². The van der Waals surface area contributed by atoms with Crippen LogP contribution in [0.4, 0.5) is 0 Å². The third-order valence-corrected chi connectivity index (χ3v) is 3.20. The monoisotopic (exact) mass is 264 g/mol. The normalized spacial score (nSPS) is 14.7. The summed E-state index contributed by atoms with van der Waals surface area (Å²) in [5.41, 5.74) is 1.24. The highest BCUT2D eigenvalue weighted by molar-refractivity contribution is 5.43. The molecule has 0 bridgehead atoms. The van der Waals surface area contributed by atoms with Gasteiger partial charge in [-0.25, -0.2) is 0 Å². The standard InChI is InChI=1S/C15H24N2O2/c1-17(2)8-9-19-15-10-12(4-7-14(15)18-3)11-16-13-5-6-13/h4,7,10,13,16H,5-6,8-9,11H2,1-3H3. The summed E-state index contributed by atoms with van der Waals surface area (Å²) in [7, 11) is 5.75. The summed E-state index contributed by atoms with van der Waals surface area (Å²) in [5, 5.41) is 3.51. The zero-order chi connectivity index (χ0) is 13.7. The lowest BCUT2D eigenvalue weighted by atomic mass is 10.2. The third kappa shape index (κ3) is 4.73. The summed E-state index contributed by atoms with van der Waals surface area (Å²) in [6.45, 7) is 2.47. The van der Waals surface area contributed by atoms with Crippen molar-refractivity contribution in [3.8, 4) is 11.5 Å². The number of rotatable bonds is 8. The Hall–Kier alpha value is -1.26. The van der Waals surface area contributed by atoms with Gasteiger partial charge in [-0.05, 0) is 44.6 Å². The van der Waals surface area contributed by atoms with Gasteiger partial charge < -0.3 is 19.7 Å². The fraction of sp³-hybridized carbons (Fsp3) is 0.600. The van der Waals surface area contributed by atoms with E-state index in [1.54, 1.807) is 7.11 Å². The molecule has 0 heterocycles. The summed E-state index contributed by atoms with van der Waals surface area (Å²) in [6, 6.07) is 6.87. The number of ether oxygens (including phenoxy) is 2. The number of likely N-dealkylation sites (N-methyl/N-ethyl adjacent to an activating group) is 1. The number of methoxy groups -OCH3 is 1. The molecular weight excluding hydrogens is 240 g/mol. The summed E-state index contributed by atoms with van der Waals surface area (Å²) >= 11 is 0. The molecule has 106 valence electrons. The van der Waals surface area contributed by atoms with Crippen molar-refractivity contribution in [1.82, 2.24) is 10.2 Å². The van der Waals surface area contributed by atoms with E-state index in [1.807, 2.05) is 20.2 Å². The smallest absolute Gasteiger partial charge is 0.161 e. The number of nitrogens with one attached hydrogen (secondary N) is 1. The van der Waals surface area contributed by atoms with Gasteiger partial charge >= 0.3 is 0 Å². The molecule has 1 aromatic rings. The van der Waals surface area contributed by atoms with Crippen LogP contribution < -0.4 is 14.8 Å². The second-order valence-corrected chi connectivity index (χ2v) is 5.29. The van der Waals surface area contributed by atoms with Crippen molar-refractivity contribution in [3.05, 3.63) is 23.8 Å². The summed E-state index contributed by atoms with van der Waals surface area (Å²) in [5.74, 6) is 1.63. The van der Waals surface area contributed by atoms with Crippen LogP contribution in [-0.2, 0) is 6.54 Å². The van der Waals surface area contributed by atoms with Gasteiger partial charge in [0.15, 0.2) is 11.5 Å². The van der Waals surface area contributed by atoms with Crippen molar-refractivity contribution < 1.29 is 9.47 Å². The first-order valence-corrected chi connectivity index (χ1v) is 6.87. The Bertz CT molecular complexity index is 403. The minimum atomic E-state index is 0.670. The Morgan fingerprint density at radius 1 is 1.26 bits per heavy atom. The highest BCUT2D eigenvalue weighted by atomic mass is 16.5. The Kier molecular flexibility index (Phi) is 5.05. The number of hydrogen-bond donors (Lipinski definition) is 1. The molecule has 0 radical (unpaired) electrons. The van der Waals surface area contributed by atoms with Crippen molar-refractivity contribution in [2.24, 2.45) is 0 Å². The molecule has 19 heavy (non-hydrogen) atoms. The Labute approximate surface area is 115 Å².